The van der Waals surface area contributed by atoms with E-state index < -0.39 is 19.1 Å². The van der Waals surface area contributed by atoms with E-state index in [1.807, 2.05) is 0 Å². The molecule has 0 aliphatic heterocycles. The molecule has 0 saturated heterocycles. The number of hydrogen-bond donors (Lipinski definition) is 2. The van der Waals surface area contributed by atoms with Crippen molar-refractivity contribution in [2.24, 2.45) is 0 Å². The Balaban J connectivity index is 2.79. The molecule has 1 atom stereocenters. The Labute approximate surface area is 99.3 Å². The second kappa shape index (κ2) is 6.51. The summed E-state index contributed by atoms with van der Waals surface area (Å²) in [5, 5.41) is 18.2. The standard InChI is InChI=1S/C12H17F2NO2/c1-9(17)10-2-4-11(5-3-10)15(6-7-16)8-12(13)14/h2-5,9,12,16-17H,6-8H2,1H3/t9-/m0/s1. The van der Waals surface area contributed by atoms with Gasteiger partial charge >= 0.3 is 0 Å². The number of aliphatic hydroxyl groups excluding tert-OH is 2. The molecule has 0 heterocycles. The Hall–Kier alpha value is -1.20. The molecule has 0 saturated carbocycles. The number of anilines is 1. The second-order valence-electron chi connectivity index (χ2n) is 3.83. The molecule has 96 valence electrons. The number of rotatable bonds is 6. The lowest BCUT2D eigenvalue weighted by molar-refractivity contribution is 0.153. The molecule has 1 rings (SSSR count). The number of nitrogens with zero attached hydrogens (tertiary/aromatic N) is 1. The lowest BCUT2D eigenvalue weighted by Crippen LogP contribution is -2.31. The van der Waals surface area contributed by atoms with Gasteiger partial charge in [-0.3, -0.25) is 0 Å². The lowest BCUT2D eigenvalue weighted by Gasteiger charge is -2.23. The van der Waals surface area contributed by atoms with Gasteiger partial charge in [-0.2, -0.15) is 0 Å². The molecule has 1 aromatic carbocycles. The molecule has 0 aromatic heterocycles. The van der Waals surface area contributed by atoms with E-state index in [4.69, 9.17) is 5.11 Å². The molecule has 3 nitrogen and oxygen atoms in total. The minimum Gasteiger partial charge on any atom is -0.395 e. The van der Waals surface area contributed by atoms with Gasteiger partial charge in [0.25, 0.3) is 6.43 Å². The molecule has 5 heteroatoms. The summed E-state index contributed by atoms with van der Waals surface area (Å²) in [5.41, 5.74) is 1.35. The third kappa shape index (κ3) is 4.28. The van der Waals surface area contributed by atoms with Crippen molar-refractivity contribution in [2.75, 3.05) is 24.6 Å². The normalized spacial score (nSPS) is 12.8. The van der Waals surface area contributed by atoms with Crippen LogP contribution >= 0.6 is 0 Å². The summed E-state index contributed by atoms with van der Waals surface area (Å²) in [7, 11) is 0. The summed E-state index contributed by atoms with van der Waals surface area (Å²) in [6, 6.07) is 6.71. The van der Waals surface area contributed by atoms with Crippen LogP contribution in [0.2, 0.25) is 0 Å². The zero-order valence-corrected chi connectivity index (χ0v) is 9.68. The van der Waals surface area contributed by atoms with E-state index in [1.165, 1.54) is 4.90 Å². The van der Waals surface area contributed by atoms with Gasteiger partial charge in [0.05, 0.1) is 19.3 Å². The predicted octanol–water partition coefficient (Wildman–Crippen LogP) is 1.80. The maximum Gasteiger partial charge on any atom is 0.255 e. The quantitative estimate of drug-likeness (QED) is 0.803. The first kappa shape index (κ1) is 13.9. The van der Waals surface area contributed by atoms with E-state index in [9.17, 15) is 13.9 Å². The maximum atomic E-state index is 12.3. The van der Waals surface area contributed by atoms with Crippen LogP contribution in [-0.4, -0.2) is 36.3 Å². The van der Waals surface area contributed by atoms with E-state index in [-0.39, 0.29) is 13.2 Å². The van der Waals surface area contributed by atoms with E-state index >= 15 is 0 Å². The van der Waals surface area contributed by atoms with Gasteiger partial charge in [0, 0.05) is 12.2 Å². The van der Waals surface area contributed by atoms with Gasteiger partial charge in [-0.25, -0.2) is 8.78 Å². The van der Waals surface area contributed by atoms with Gasteiger partial charge in [-0.05, 0) is 24.6 Å². The third-order valence-corrected chi connectivity index (χ3v) is 2.47. The van der Waals surface area contributed by atoms with Crippen molar-refractivity contribution in [1.29, 1.82) is 0 Å². The van der Waals surface area contributed by atoms with Gasteiger partial charge < -0.3 is 15.1 Å². The van der Waals surface area contributed by atoms with Crippen LogP contribution < -0.4 is 4.90 Å². The Morgan fingerprint density at radius 3 is 2.24 bits per heavy atom. The van der Waals surface area contributed by atoms with Crippen molar-refractivity contribution in [3.8, 4) is 0 Å². The largest absolute Gasteiger partial charge is 0.395 e. The van der Waals surface area contributed by atoms with Gasteiger partial charge in [0.1, 0.15) is 0 Å². The number of aliphatic hydroxyl groups is 2. The van der Waals surface area contributed by atoms with Crippen LogP contribution in [0.15, 0.2) is 24.3 Å². The molecule has 1 aromatic rings. The highest BCUT2D eigenvalue weighted by Crippen LogP contribution is 2.19. The highest BCUT2D eigenvalue weighted by molar-refractivity contribution is 5.48. The van der Waals surface area contributed by atoms with Crippen LogP contribution in [0.1, 0.15) is 18.6 Å². The monoisotopic (exact) mass is 245 g/mol. The SMILES string of the molecule is C[C@H](O)c1ccc(N(CCO)CC(F)F)cc1. The van der Waals surface area contributed by atoms with Crippen molar-refractivity contribution in [1.82, 2.24) is 0 Å². The smallest absolute Gasteiger partial charge is 0.255 e. The van der Waals surface area contributed by atoms with Crippen molar-refractivity contribution >= 4 is 5.69 Å². The lowest BCUT2D eigenvalue weighted by atomic mass is 10.1. The Bertz CT molecular complexity index is 328. The average Bonchev–Trinajstić information content (AvgIpc) is 2.28. The highest BCUT2D eigenvalue weighted by atomic mass is 19.3. The van der Waals surface area contributed by atoms with Crippen LogP contribution in [0.3, 0.4) is 0 Å². The van der Waals surface area contributed by atoms with Crippen LogP contribution in [0, 0.1) is 0 Å². The van der Waals surface area contributed by atoms with E-state index in [0.29, 0.717) is 5.69 Å². The van der Waals surface area contributed by atoms with Crippen LogP contribution in [0.4, 0.5) is 14.5 Å². The summed E-state index contributed by atoms with van der Waals surface area (Å²) >= 11 is 0. The Morgan fingerprint density at radius 1 is 1.24 bits per heavy atom. The third-order valence-electron chi connectivity index (χ3n) is 2.47. The minimum atomic E-state index is -2.45. The summed E-state index contributed by atoms with van der Waals surface area (Å²) in [5.74, 6) is 0. The van der Waals surface area contributed by atoms with Crippen LogP contribution in [0.25, 0.3) is 0 Å². The average molecular weight is 245 g/mol. The van der Waals surface area contributed by atoms with Crippen molar-refractivity contribution in [3.63, 3.8) is 0 Å². The number of benzene rings is 1. The Kier molecular flexibility index (Phi) is 5.31. The first-order chi connectivity index (χ1) is 8.04. The number of halogens is 2. The first-order valence-electron chi connectivity index (χ1n) is 5.46. The molecule has 17 heavy (non-hydrogen) atoms. The van der Waals surface area contributed by atoms with Crippen LogP contribution in [0.5, 0.6) is 0 Å². The molecular formula is C12H17F2NO2. The van der Waals surface area contributed by atoms with Crippen molar-refractivity contribution in [2.45, 2.75) is 19.5 Å². The fourth-order valence-electron chi connectivity index (χ4n) is 1.58. The molecule has 0 aliphatic carbocycles. The van der Waals surface area contributed by atoms with Crippen LogP contribution in [-0.2, 0) is 0 Å². The molecule has 0 unspecified atom stereocenters. The van der Waals surface area contributed by atoms with Crippen molar-refractivity contribution < 1.29 is 19.0 Å². The number of alkyl halides is 2. The first-order valence-corrected chi connectivity index (χ1v) is 5.46. The van der Waals surface area contributed by atoms with Gasteiger partial charge in [-0.1, -0.05) is 12.1 Å². The fraction of sp³-hybridized carbons (Fsp3) is 0.500. The highest BCUT2D eigenvalue weighted by Gasteiger charge is 2.12. The van der Waals surface area contributed by atoms with E-state index in [1.54, 1.807) is 31.2 Å². The van der Waals surface area contributed by atoms with E-state index in [0.717, 1.165) is 5.56 Å². The van der Waals surface area contributed by atoms with Gasteiger partial charge in [0.15, 0.2) is 0 Å². The fourth-order valence-corrected chi connectivity index (χ4v) is 1.58. The number of hydrogen-bond acceptors (Lipinski definition) is 3. The molecule has 0 amide bonds. The predicted molar refractivity (Wildman–Crippen MR) is 62.4 cm³/mol. The minimum absolute atomic E-state index is 0.165. The molecule has 0 bridgehead atoms. The molecular weight excluding hydrogens is 228 g/mol. The Morgan fingerprint density at radius 2 is 1.82 bits per heavy atom. The second-order valence-corrected chi connectivity index (χ2v) is 3.83. The summed E-state index contributed by atoms with van der Waals surface area (Å²) in [6.45, 7) is 1.22. The summed E-state index contributed by atoms with van der Waals surface area (Å²) in [4.78, 5) is 1.41. The zero-order chi connectivity index (χ0) is 12.8. The zero-order valence-electron chi connectivity index (χ0n) is 9.68. The van der Waals surface area contributed by atoms with Gasteiger partial charge in [0.2, 0.25) is 0 Å². The molecule has 0 aliphatic rings. The molecule has 0 fully saturated rings. The molecule has 0 radical (unpaired) electrons. The van der Waals surface area contributed by atoms with E-state index in [2.05, 4.69) is 0 Å². The summed E-state index contributed by atoms with van der Waals surface area (Å²) in [6.07, 6.45) is -3.02. The topological polar surface area (TPSA) is 43.7 Å². The summed E-state index contributed by atoms with van der Waals surface area (Å²) < 4.78 is 24.7. The molecule has 2 N–H and O–H groups in total. The van der Waals surface area contributed by atoms with Gasteiger partial charge in [-0.15, -0.1) is 0 Å². The van der Waals surface area contributed by atoms with Crippen molar-refractivity contribution in [3.05, 3.63) is 29.8 Å². The maximum absolute atomic E-state index is 12.3. The molecule has 0 spiro atoms.